The molecule has 1 amide bonds. The van der Waals surface area contributed by atoms with E-state index in [4.69, 9.17) is 4.74 Å². The summed E-state index contributed by atoms with van der Waals surface area (Å²) >= 11 is 3.37. The largest absolute Gasteiger partial charge is 0.493 e. The van der Waals surface area contributed by atoms with E-state index in [1.54, 1.807) is 0 Å². The number of rotatable bonds is 6. The number of nitrogens with one attached hydrogen (secondary N) is 1. The van der Waals surface area contributed by atoms with E-state index in [0.29, 0.717) is 19.6 Å². The van der Waals surface area contributed by atoms with Crippen molar-refractivity contribution in [1.29, 1.82) is 0 Å². The summed E-state index contributed by atoms with van der Waals surface area (Å²) in [6.07, 6.45) is 2.97. The van der Waals surface area contributed by atoms with Gasteiger partial charge in [0.2, 0.25) is 5.91 Å². The Bertz CT molecular complexity index is 452. The molecule has 0 heterocycles. The lowest BCUT2D eigenvalue weighted by molar-refractivity contribution is -0.121. The van der Waals surface area contributed by atoms with Gasteiger partial charge in [0, 0.05) is 16.9 Å². The predicted octanol–water partition coefficient (Wildman–Crippen LogP) is 2.50. The summed E-state index contributed by atoms with van der Waals surface area (Å²) in [5.74, 6) is 0.933. The number of ether oxygens (including phenoxy) is 1. The monoisotopic (exact) mass is 341 g/mol. The number of carbonyl (C=O) groups excluding carboxylic acids is 1. The van der Waals surface area contributed by atoms with Gasteiger partial charge in [0.1, 0.15) is 5.75 Å². The number of carbonyl (C=O) groups is 1. The van der Waals surface area contributed by atoms with E-state index in [-0.39, 0.29) is 17.9 Å². The van der Waals surface area contributed by atoms with Crippen molar-refractivity contribution in [3.63, 3.8) is 0 Å². The highest BCUT2D eigenvalue weighted by atomic mass is 79.9. The number of hydrogen-bond donors (Lipinski definition) is 2. The second kappa shape index (κ2) is 7.64. The fraction of sp³-hybridized carbons (Fsp3) is 0.533. The van der Waals surface area contributed by atoms with E-state index >= 15 is 0 Å². The molecule has 1 saturated carbocycles. The van der Waals surface area contributed by atoms with E-state index in [1.807, 2.05) is 24.3 Å². The fourth-order valence-electron chi connectivity index (χ4n) is 2.41. The molecule has 1 aliphatic carbocycles. The van der Waals surface area contributed by atoms with Crippen LogP contribution in [0.2, 0.25) is 0 Å². The molecule has 1 aromatic carbocycles. The standard InChI is InChI=1S/C15H20BrNO3/c16-12-4-2-5-13(9-12)20-8-7-15(19)17-10-11-3-1-6-14(11)18/h2,4-5,9,11,14,18H,1,3,6-8,10H2,(H,17,19). The Morgan fingerprint density at radius 2 is 2.30 bits per heavy atom. The maximum atomic E-state index is 11.7. The quantitative estimate of drug-likeness (QED) is 0.835. The molecule has 1 aliphatic rings. The van der Waals surface area contributed by atoms with Crippen LogP contribution in [-0.2, 0) is 4.79 Å². The third-order valence-electron chi connectivity index (χ3n) is 3.57. The van der Waals surface area contributed by atoms with Crippen LogP contribution in [0.25, 0.3) is 0 Å². The third kappa shape index (κ3) is 4.80. The molecule has 5 heteroatoms. The number of hydrogen-bond acceptors (Lipinski definition) is 3. The molecule has 0 bridgehead atoms. The van der Waals surface area contributed by atoms with Crippen LogP contribution in [0, 0.1) is 5.92 Å². The zero-order valence-corrected chi connectivity index (χ0v) is 12.9. The van der Waals surface area contributed by atoms with Crippen LogP contribution in [0.5, 0.6) is 5.75 Å². The van der Waals surface area contributed by atoms with Crippen LogP contribution in [-0.4, -0.2) is 30.3 Å². The maximum absolute atomic E-state index is 11.7. The van der Waals surface area contributed by atoms with Gasteiger partial charge in [0.15, 0.2) is 0 Å². The van der Waals surface area contributed by atoms with E-state index in [2.05, 4.69) is 21.2 Å². The SMILES string of the molecule is O=C(CCOc1cccc(Br)c1)NCC1CCCC1O. The molecule has 4 nitrogen and oxygen atoms in total. The van der Waals surface area contributed by atoms with Gasteiger partial charge >= 0.3 is 0 Å². The predicted molar refractivity (Wildman–Crippen MR) is 80.6 cm³/mol. The zero-order valence-electron chi connectivity index (χ0n) is 11.3. The van der Waals surface area contributed by atoms with Gasteiger partial charge in [-0.3, -0.25) is 4.79 Å². The molecule has 2 N–H and O–H groups in total. The molecule has 0 radical (unpaired) electrons. The summed E-state index contributed by atoms with van der Waals surface area (Å²) in [6.45, 7) is 0.923. The van der Waals surface area contributed by atoms with Gasteiger partial charge in [0.05, 0.1) is 19.1 Å². The van der Waals surface area contributed by atoms with Crippen LogP contribution < -0.4 is 10.1 Å². The Morgan fingerprint density at radius 1 is 1.45 bits per heavy atom. The molecular weight excluding hydrogens is 322 g/mol. The molecule has 0 spiro atoms. The van der Waals surface area contributed by atoms with E-state index in [0.717, 1.165) is 29.5 Å². The minimum absolute atomic E-state index is 0.0286. The van der Waals surface area contributed by atoms with Crippen LogP contribution >= 0.6 is 15.9 Å². The first kappa shape index (κ1) is 15.3. The topological polar surface area (TPSA) is 58.6 Å². The summed E-state index contributed by atoms with van der Waals surface area (Å²) in [6, 6.07) is 7.54. The molecule has 0 aliphatic heterocycles. The molecule has 0 aromatic heterocycles. The van der Waals surface area contributed by atoms with Crippen molar-refractivity contribution in [2.24, 2.45) is 5.92 Å². The van der Waals surface area contributed by atoms with Crippen LogP contribution in [0.4, 0.5) is 0 Å². The number of aliphatic hydroxyl groups is 1. The van der Waals surface area contributed by atoms with Gasteiger partial charge in [-0.05, 0) is 31.0 Å². The summed E-state index contributed by atoms with van der Waals surface area (Å²) in [7, 11) is 0. The normalized spacial score (nSPS) is 21.7. The number of aliphatic hydroxyl groups excluding tert-OH is 1. The summed E-state index contributed by atoms with van der Waals surface area (Å²) < 4.78 is 6.46. The van der Waals surface area contributed by atoms with Gasteiger partial charge in [0.25, 0.3) is 0 Å². The highest BCUT2D eigenvalue weighted by Gasteiger charge is 2.25. The average Bonchev–Trinajstić information content (AvgIpc) is 2.82. The van der Waals surface area contributed by atoms with E-state index in [9.17, 15) is 9.90 Å². The Labute approximate surface area is 127 Å². The Balaban J connectivity index is 1.63. The lowest BCUT2D eigenvalue weighted by Gasteiger charge is -2.15. The van der Waals surface area contributed by atoms with Gasteiger partial charge in [-0.2, -0.15) is 0 Å². The lowest BCUT2D eigenvalue weighted by Crippen LogP contribution is -2.33. The second-order valence-corrected chi connectivity index (χ2v) is 6.03. The minimum atomic E-state index is -0.256. The lowest BCUT2D eigenvalue weighted by atomic mass is 10.1. The number of amides is 1. The molecular formula is C15H20BrNO3. The highest BCUT2D eigenvalue weighted by Crippen LogP contribution is 2.24. The van der Waals surface area contributed by atoms with E-state index < -0.39 is 0 Å². The first-order valence-electron chi connectivity index (χ1n) is 6.98. The van der Waals surface area contributed by atoms with Crippen molar-refractivity contribution in [2.45, 2.75) is 31.8 Å². The van der Waals surface area contributed by atoms with Gasteiger partial charge in [-0.1, -0.05) is 28.4 Å². The number of halogens is 1. The molecule has 1 fully saturated rings. The average molecular weight is 342 g/mol. The van der Waals surface area contributed by atoms with Crippen LogP contribution in [0.1, 0.15) is 25.7 Å². The first-order valence-corrected chi connectivity index (χ1v) is 7.77. The van der Waals surface area contributed by atoms with Gasteiger partial charge < -0.3 is 15.2 Å². The summed E-state index contributed by atoms with van der Waals surface area (Å²) in [4.78, 5) is 11.7. The Hall–Kier alpha value is -1.07. The number of benzene rings is 1. The molecule has 2 rings (SSSR count). The highest BCUT2D eigenvalue weighted by molar-refractivity contribution is 9.10. The Morgan fingerprint density at radius 3 is 3.00 bits per heavy atom. The van der Waals surface area contributed by atoms with Crippen molar-refractivity contribution in [1.82, 2.24) is 5.32 Å². The molecule has 2 unspecified atom stereocenters. The Kier molecular flexibility index (Phi) is 5.86. The van der Waals surface area contributed by atoms with Crippen molar-refractivity contribution in [3.05, 3.63) is 28.7 Å². The van der Waals surface area contributed by atoms with Gasteiger partial charge in [-0.15, -0.1) is 0 Å². The van der Waals surface area contributed by atoms with Crippen LogP contribution in [0.3, 0.4) is 0 Å². The van der Waals surface area contributed by atoms with E-state index in [1.165, 1.54) is 0 Å². The summed E-state index contributed by atoms with van der Waals surface area (Å²) in [5, 5.41) is 12.5. The minimum Gasteiger partial charge on any atom is -0.493 e. The summed E-state index contributed by atoms with van der Waals surface area (Å²) in [5.41, 5.74) is 0. The molecule has 2 atom stereocenters. The van der Waals surface area contributed by atoms with Crippen molar-refractivity contribution in [2.75, 3.05) is 13.2 Å². The second-order valence-electron chi connectivity index (χ2n) is 5.12. The maximum Gasteiger partial charge on any atom is 0.223 e. The molecule has 110 valence electrons. The smallest absolute Gasteiger partial charge is 0.223 e. The zero-order chi connectivity index (χ0) is 14.4. The first-order chi connectivity index (χ1) is 9.65. The molecule has 20 heavy (non-hydrogen) atoms. The van der Waals surface area contributed by atoms with Gasteiger partial charge in [-0.25, -0.2) is 0 Å². The molecule has 0 saturated heterocycles. The van der Waals surface area contributed by atoms with Crippen molar-refractivity contribution < 1.29 is 14.6 Å². The third-order valence-corrected chi connectivity index (χ3v) is 4.07. The van der Waals surface area contributed by atoms with Crippen molar-refractivity contribution in [3.8, 4) is 5.75 Å². The fourth-order valence-corrected chi connectivity index (χ4v) is 2.79. The van der Waals surface area contributed by atoms with Crippen molar-refractivity contribution >= 4 is 21.8 Å². The van der Waals surface area contributed by atoms with Crippen LogP contribution in [0.15, 0.2) is 28.7 Å². The molecule has 1 aromatic rings.